The maximum absolute atomic E-state index is 12.9. The number of nitrogen functional groups attached to an aromatic ring is 1. The van der Waals surface area contributed by atoms with Gasteiger partial charge in [-0.05, 0) is 48.9 Å². The fourth-order valence-corrected chi connectivity index (χ4v) is 3.13. The molecule has 0 radical (unpaired) electrons. The lowest BCUT2D eigenvalue weighted by molar-refractivity contribution is 0.0954. The quantitative estimate of drug-likeness (QED) is 0.353. The van der Waals surface area contributed by atoms with Gasteiger partial charge in [-0.25, -0.2) is 10.8 Å². The number of nitrogens with two attached hydrogens (primary N) is 1. The van der Waals surface area contributed by atoms with E-state index < -0.39 is 11.8 Å². The van der Waals surface area contributed by atoms with Gasteiger partial charge in [0.05, 0.1) is 16.3 Å². The van der Waals surface area contributed by atoms with Crippen LogP contribution < -0.4 is 16.6 Å². The molecule has 0 unspecified atom stereocenters. The molecule has 4 N–H and O–H groups in total. The smallest absolute Gasteiger partial charge is 0.272 e. The Bertz CT molecular complexity index is 1030. The Morgan fingerprint density at radius 2 is 1.93 bits per heavy atom. The minimum Gasteiger partial charge on any atom is -0.320 e. The van der Waals surface area contributed by atoms with Crippen LogP contribution in [-0.2, 0) is 0 Å². The average molecular weight is 404 g/mol. The zero-order valence-corrected chi connectivity index (χ0v) is 15.7. The van der Waals surface area contributed by atoms with Crippen LogP contribution in [0.5, 0.6) is 0 Å². The molecule has 7 nitrogen and oxygen atoms in total. The topological polar surface area (TPSA) is 102 Å². The van der Waals surface area contributed by atoms with E-state index >= 15 is 0 Å². The third-order valence-electron chi connectivity index (χ3n) is 3.86. The number of rotatable bonds is 4. The number of nitrogens with zero attached hydrogens (tertiary/aromatic N) is 2. The van der Waals surface area contributed by atoms with Crippen molar-refractivity contribution >= 4 is 40.7 Å². The molecule has 0 aliphatic heterocycles. The zero-order chi connectivity index (χ0) is 19.6. The predicted octanol–water partition coefficient (Wildman–Crippen LogP) is 3.34. The average Bonchev–Trinajstić information content (AvgIpc) is 3.13. The van der Waals surface area contributed by atoms with E-state index in [1.807, 2.05) is 5.43 Å². The SMILES string of the molecule is Cc1cc(Cl)cc(C(=O)NN)c1NC(=O)c1cccn1-c1ncccc1Cl. The minimum atomic E-state index is -0.570. The molecule has 3 aromatic rings. The lowest BCUT2D eigenvalue weighted by Crippen LogP contribution is -2.31. The molecule has 0 saturated carbocycles. The predicted molar refractivity (Wildman–Crippen MR) is 104 cm³/mol. The van der Waals surface area contributed by atoms with Gasteiger partial charge in [0.1, 0.15) is 5.69 Å². The van der Waals surface area contributed by atoms with Crippen LogP contribution in [0.2, 0.25) is 10.0 Å². The van der Waals surface area contributed by atoms with Gasteiger partial charge in [0, 0.05) is 17.4 Å². The second-order valence-corrected chi connectivity index (χ2v) is 6.49. The van der Waals surface area contributed by atoms with Crippen LogP contribution in [0.4, 0.5) is 5.69 Å². The molecule has 0 spiro atoms. The normalized spacial score (nSPS) is 10.5. The molecule has 27 heavy (non-hydrogen) atoms. The van der Waals surface area contributed by atoms with E-state index in [0.29, 0.717) is 32.8 Å². The molecule has 2 aromatic heterocycles. The summed E-state index contributed by atoms with van der Waals surface area (Å²) >= 11 is 12.2. The van der Waals surface area contributed by atoms with Crippen LogP contribution in [0.25, 0.3) is 5.82 Å². The number of nitrogens with one attached hydrogen (secondary N) is 2. The van der Waals surface area contributed by atoms with Crippen molar-refractivity contribution in [2.45, 2.75) is 6.92 Å². The van der Waals surface area contributed by atoms with Gasteiger partial charge in [-0.1, -0.05) is 23.2 Å². The van der Waals surface area contributed by atoms with Crippen LogP contribution in [-0.4, -0.2) is 21.4 Å². The number of pyridine rings is 1. The molecule has 0 saturated heterocycles. The number of benzene rings is 1. The maximum Gasteiger partial charge on any atom is 0.272 e. The first-order chi connectivity index (χ1) is 12.9. The molecule has 0 fully saturated rings. The number of hydrogen-bond donors (Lipinski definition) is 3. The molecule has 138 valence electrons. The Balaban J connectivity index is 2.00. The summed E-state index contributed by atoms with van der Waals surface area (Å²) < 4.78 is 1.56. The number of aryl methyl sites for hydroxylation is 1. The first-order valence-corrected chi connectivity index (χ1v) is 8.58. The van der Waals surface area contributed by atoms with Gasteiger partial charge >= 0.3 is 0 Å². The molecule has 1 aromatic carbocycles. The summed E-state index contributed by atoms with van der Waals surface area (Å²) in [5, 5.41) is 3.50. The van der Waals surface area contributed by atoms with Gasteiger partial charge in [0.2, 0.25) is 0 Å². The summed E-state index contributed by atoms with van der Waals surface area (Å²) in [5.74, 6) is 4.64. The molecule has 0 aliphatic carbocycles. The number of hydrogen-bond acceptors (Lipinski definition) is 4. The van der Waals surface area contributed by atoms with Crippen LogP contribution in [0.1, 0.15) is 26.4 Å². The van der Waals surface area contributed by atoms with Crippen LogP contribution >= 0.6 is 23.2 Å². The third-order valence-corrected chi connectivity index (χ3v) is 4.38. The Morgan fingerprint density at radius 1 is 1.15 bits per heavy atom. The molecule has 0 atom stereocenters. The largest absolute Gasteiger partial charge is 0.320 e. The number of halogens is 2. The highest BCUT2D eigenvalue weighted by molar-refractivity contribution is 6.32. The molecular formula is C18H15Cl2N5O2. The second-order valence-electron chi connectivity index (χ2n) is 5.65. The van der Waals surface area contributed by atoms with Crippen molar-refractivity contribution in [3.8, 4) is 5.82 Å². The molecule has 3 rings (SSSR count). The number of carbonyl (C=O) groups is 2. The van der Waals surface area contributed by atoms with E-state index in [2.05, 4.69) is 10.3 Å². The van der Waals surface area contributed by atoms with E-state index in [4.69, 9.17) is 29.0 Å². The Morgan fingerprint density at radius 3 is 2.63 bits per heavy atom. The van der Waals surface area contributed by atoms with E-state index in [0.717, 1.165) is 0 Å². The van der Waals surface area contributed by atoms with Crippen LogP contribution in [0.15, 0.2) is 48.8 Å². The molecule has 0 aliphatic rings. The lowest BCUT2D eigenvalue weighted by Gasteiger charge is -2.15. The van der Waals surface area contributed by atoms with Crippen molar-refractivity contribution < 1.29 is 9.59 Å². The lowest BCUT2D eigenvalue weighted by atomic mass is 10.1. The Kier molecular flexibility index (Phi) is 5.46. The first-order valence-electron chi connectivity index (χ1n) is 7.83. The summed E-state index contributed by atoms with van der Waals surface area (Å²) in [6.45, 7) is 1.73. The molecular weight excluding hydrogens is 389 g/mol. The van der Waals surface area contributed by atoms with Crippen LogP contribution in [0.3, 0.4) is 0 Å². The fourth-order valence-electron chi connectivity index (χ4n) is 2.65. The van der Waals surface area contributed by atoms with E-state index in [1.54, 1.807) is 54.2 Å². The van der Waals surface area contributed by atoms with Gasteiger partial charge in [-0.15, -0.1) is 0 Å². The van der Waals surface area contributed by atoms with Gasteiger partial charge in [0.25, 0.3) is 11.8 Å². The van der Waals surface area contributed by atoms with Crippen molar-refractivity contribution in [2.24, 2.45) is 5.84 Å². The summed E-state index contributed by atoms with van der Waals surface area (Å²) in [5.41, 5.74) is 3.43. The molecule has 9 heteroatoms. The summed E-state index contributed by atoms with van der Waals surface area (Å²) in [7, 11) is 0. The highest BCUT2D eigenvalue weighted by Gasteiger charge is 2.20. The Labute approximate surface area is 165 Å². The Hall–Kier alpha value is -2.87. The molecule has 2 amide bonds. The standard InChI is InChI=1S/C18H15Cl2N5O2/c1-10-8-11(19)9-12(17(26)24-21)15(10)23-18(27)14-5-3-7-25(14)16-13(20)4-2-6-22-16/h2-9H,21H2,1H3,(H,23,27)(H,24,26). The summed E-state index contributed by atoms with van der Waals surface area (Å²) in [6.07, 6.45) is 3.25. The van der Waals surface area contributed by atoms with E-state index in [1.165, 1.54) is 6.07 Å². The number of anilines is 1. The van der Waals surface area contributed by atoms with Gasteiger partial charge in [-0.2, -0.15) is 0 Å². The van der Waals surface area contributed by atoms with Crippen molar-refractivity contribution in [1.29, 1.82) is 0 Å². The fraction of sp³-hybridized carbons (Fsp3) is 0.0556. The van der Waals surface area contributed by atoms with Gasteiger partial charge in [-0.3, -0.25) is 19.6 Å². The zero-order valence-electron chi connectivity index (χ0n) is 14.2. The maximum atomic E-state index is 12.9. The number of amides is 2. The monoisotopic (exact) mass is 403 g/mol. The number of carbonyl (C=O) groups excluding carboxylic acids is 2. The van der Waals surface area contributed by atoms with Gasteiger partial charge < -0.3 is 5.32 Å². The van der Waals surface area contributed by atoms with Crippen molar-refractivity contribution in [1.82, 2.24) is 15.0 Å². The molecule has 2 heterocycles. The number of aromatic nitrogens is 2. The molecule has 0 bridgehead atoms. The summed E-state index contributed by atoms with van der Waals surface area (Å²) in [6, 6.07) is 9.76. The second kappa shape index (κ2) is 7.79. The van der Waals surface area contributed by atoms with E-state index in [-0.39, 0.29) is 5.56 Å². The van der Waals surface area contributed by atoms with Crippen molar-refractivity contribution in [3.63, 3.8) is 0 Å². The highest BCUT2D eigenvalue weighted by Crippen LogP contribution is 2.27. The minimum absolute atomic E-state index is 0.157. The number of hydrazine groups is 1. The van der Waals surface area contributed by atoms with Crippen molar-refractivity contribution in [3.05, 3.63) is 75.7 Å². The van der Waals surface area contributed by atoms with Gasteiger partial charge in [0.15, 0.2) is 5.82 Å². The first kappa shape index (κ1) is 18.9. The third kappa shape index (κ3) is 3.80. The highest BCUT2D eigenvalue weighted by atomic mass is 35.5. The summed E-state index contributed by atoms with van der Waals surface area (Å²) in [4.78, 5) is 29.2. The van der Waals surface area contributed by atoms with E-state index in [9.17, 15) is 9.59 Å². The van der Waals surface area contributed by atoms with Crippen molar-refractivity contribution in [2.75, 3.05) is 5.32 Å². The van der Waals surface area contributed by atoms with Crippen LogP contribution in [0, 0.1) is 6.92 Å².